The number of amides is 2. The highest BCUT2D eigenvalue weighted by molar-refractivity contribution is 7.89. The van der Waals surface area contributed by atoms with Gasteiger partial charge in [0, 0.05) is 45.3 Å². The second-order valence-corrected chi connectivity index (χ2v) is 11.6. The molecule has 2 amide bonds. The van der Waals surface area contributed by atoms with Crippen LogP contribution in [0.25, 0.3) is 0 Å². The van der Waals surface area contributed by atoms with Crippen molar-refractivity contribution in [1.29, 1.82) is 0 Å². The van der Waals surface area contributed by atoms with Gasteiger partial charge in [0.2, 0.25) is 15.9 Å². The van der Waals surface area contributed by atoms with Gasteiger partial charge in [0.25, 0.3) is 5.91 Å². The van der Waals surface area contributed by atoms with E-state index in [-0.39, 0.29) is 23.3 Å². The summed E-state index contributed by atoms with van der Waals surface area (Å²) in [4.78, 5) is 29.3. The van der Waals surface area contributed by atoms with E-state index in [0.717, 1.165) is 17.4 Å². The van der Waals surface area contributed by atoms with Crippen molar-refractivity contribution < 1.29 is 22.7 Å². The van der Waals surface area contributed by atoms with Crippen LogP contribution in [-0.2, 0) is 19.6 Å². The third-order valence-corrected chi connectivity index (χ3v) is 9.22. The van der Waals surface area contributed by atoms with Crippen LogP contribution in [-0.4, -0.2) is 86.3 Å². The summed E-state index contributed by atoms with van der Waals surface area (Å²) in [7, 11) is -2.49. The van der Waals surface area contributed by atoms with Gasteiger partial charge in [0.1, 0.15) is 5.75 Å². The fourth-order valence-electron chi connectivity index (χ4n) is 5.16. The first-order chi connectivity index (χ1) is 16.2. The summed E-state index contributed by atoms with van der Waals surface area (Å²) in [6.45, 7) is 6.25. The monoisotopic (exact) mass is 492 g/mol. The topological polar surface area (TPSA) is 99.3 Å². The summed E-state index contributed by atoms with van der Waals surface area (Å²) in [5.74, 6) is -0.0926. The van der Waals surface area contributed by atoms with Gasteiger partial charge in [-0.3, -0.25) is 14.5 Å². The Morgan fingerprint density at radius 3 is 2.47 bits per heavy atom. The molecule has 1 aliphatic carbocycles. The lowest BCUT2D eigenvalue weighted by Gasteiger charge is -2.41. The van der Waals surface area contributed by atoms with E-state index in [1.54, 1.807) is 17.9 Å². The molecule has 0 aromatic heterocycles. The van der Waals surface area contributed by atoms with Crippen LogP contribution in [0.2, 0.25) is 0 Å². The van der Waals surface area contributed by atoms with Crippen LogP contribution in [0, 0.1) is 6.92 Å². The number of fused-ring (bicyclic) bond motifs is 1. The number of benzene rings is 1. The molecule has 1 saturated carbocycles. The molecule has 0 unspecified atom stereocenters. The normalized spacial score (nSPS) is 22.3. The van der Waals surface area contributed by atoms with E-state index >= 15 is 0 Å². The molecular formula is C24H36N4O5S. The van der Waals surface area contributed by atoms with Gasteiger partial charge < -0.3 is 15.0 Å². The second-order valence-electron chi connectivity index (χ2n) is 9.59. The number of anilines is 1. The Morgan fingerprint density at radius 1 is 1.15 bits per heavy atom. The summed E-state index contributed by atoms with van der Waals surface area (Å²) >= 11 is 0. The molecule has 2 fully saturated rings. The Morgan fingerprint density at radius 2 is 1.82 bits per heavy atom. The van der Waals surface area contributed by atoms with Crippen LogP contribution in [0.3, 0.4) is 0 Å². The van der Waals surface area contributed by atoms with E-state index < -0.39 is 16.1 Å². The van der Waals surface area contributed by atoms with Crippen molar-refractivity contribution in [2.75, 3.05) is 45.1 Å². The Kier molecular flexibility index (Phi) is 7.49. The highest BCUT2D eigenvalue weighted by atomic mass is 32.2. The molecule has 34 heavy (non-hydrogen) atoms. The standard InChI is InChI=1S/C24H36N4O5S/c1-4-20-24(30)25-19-14-17(2)22(15-21(19)33-20)34(31,32)26(3)16-23(29)28-12-10-27(11-13-28)18-8-6-5-7-9-18/h14-15,18,20H,4-13,16H2,1-3H3,(H,25,30)/t20-/m1/s1. The number of likely N-dealkylation sites (N-methyl/N-ethyl adjacent to an activating group) is 1. The van der Waals surface area contributed by atoms with Crippen molar-refractivity contribution in [3.05, 3.63) is 17.7 Å². The zero-order valence-electron chi connectivity index (χ0n) is 20.4. The highest BCUT2D eigenvalue weighted by Gasteiger charge is 2.33. The summed E-state index contributed by atoms with van der Waals surface area (Å²) in [6.07, 6.45) is 6.18. The van der Waals surface area contributed by atoms with Crippen molar-refractivity contribution in [2.24, 2.45) is 0 Å². The van der Waals surface area contributed by atoms with Gasteiger partial charge in [-0.15, -0.1) is 0 Å². The number of carbonyl (C=O) groups is 2. The molecule has 0 bridgehead atoms. The summed E-state index contributed by atoms with van der Waals surface area (Å²) in [6, 6.07) is 3.68. The summed E-state index contributed by atoms with van der Waals surface area (Å²) in [5.41, 5.74) is 0.943. The van der Waals surface area contributed by atoms with Crippen LogP contribution in [0.15, 0.2) is 17.0 Å². The third-order valence-electron chi connectivity index (χ3n) is 7.27. The molecule has 0 radical (unpaired) electrons. The van der Waals surface area contributed by atoms with Crippen molar-refractivity contribution in [3.63, 3.8) is 0 Å². The Bertz CT molecular complexity index is 1030. The SMILES string of the molecule is CC[C@H]1Oc2cc(S(=O)(=O)N(C)CC(=O)N3CCN(C4CCCCC4)CC3)c(C)cc2NC1=O. The quantitative estimate of drug-likeness (QED) is 0.654. The van der Waals surface area contributed by atoms with Crippen molar-refractivity contribution in [1.82, 2.24) is 14.1 Å². The number of aryl methyl sites for hydroxylation is 1. The van der Waals surface area contributed by atoms with Gasteiger partial charge in [-0.2, -0.15) is 4.31 Å². The fourth-order valence-corrected chi connectivity index (χ4v) is 6.50. The van der Waals surface area contributed by atoms with E-state index in [1.165, 1.54) is 45.2 Å². The minimum Gasteiger partial charge on any atom is -0.478 e. The minimum atomic E-state index is -3.92. The number of hydrogen-bond acceptors (Lipinski definition) is 6. The molecule has 3 aliphatic rings. The Labute approximate surface area is 202 Å². The van der Waals surface area contributed by atoms with E-state index in [2.05, 4.69) is 10.2 Å². The second kappa shape index (κ2) is 10.2. The number of ether oxygens (including phenoxy) is 1. The van der Waals surface area contributed by atoms with Gasteiger partial charge in [0.05, 0.1) is 17.1 Å². The molecule has 9 nitrogen and oxygen atoms in total. The molecule has 1 aromatic rings. The van der Waals surface area contributed by atoms with Crippen LogP contribution in [0.4, 0.5) is 5.69 Å². The third kappa shape index (κ3) is 5.08. The predicted molar refractivity (Wildman–Crippen MR) is 129 cm³/mol. The Balaban J connectivity index is 1.40. The van der Waals surface area contributed by atoms with Gasteiger partial charge in [-0.05, 0) is 37.8 Å². The number of sulfonamides is 1. The van der Waals surface area contributed by atoms with E-state index in [9.17, 15) is 18.0 Å². The Hall–Kier alpha value is -2.17. The zero-order valence-corrected chi connectivity index (χ0v) is 21.2. The summed E-state index contributed by atoms with van der Waals surface area (Å²) in [5, 5.41) is 2.77. The van der Waals surface area contributed by atoms with Gasteiger partial charge in [0.15, 0.2) is 6.10 Å². The molecule has 2 heterocycles. The number of carbonyl (C=O) groups excluding carboxylic acids is 2. The van der Waals surface area contributed by atoms with Gasteiger partial charge in [-0.1, -0.05) is 26.2 Å². The molecule has 1 N–H and O–H groups in total. The number of rotatable bonds is 6. The first-order valence-corrected chi connectivity index (χ1v) is 13.7. The molecular weight excluding hydrogens is 456 g/mol. The van der Waals surface area contributed by atoms with Crippen LogP contribution in [0.1, 0.15) is 51.0 Å². The molecule has 1 aromatic carbocycles. The number of piperazine rings is 1. The van der Waals surface area contributed by atoms with Crippen molar-refractivity contribution in [2.45, 2.75) is 69.4 Å². The smallest absolute Gasteiger partial charge is 0.265 e. The highest BCUT2D eigenvalue weighted by Crippen LogP contribution is 2.35. The van der Waals surface area contributed by atoms with Crippen LogP contribution in [0.5, 0.6) is 5.75 Å². The first kappa shape index (κ1) is 24.9. The zero-order chi connectivity index (χ0) is 24.5. The van der Waals surface area contributed by atoms with E-state index in [4.69, 9.17) is 4.74 Å². The van der Waals surface area contributed by atoms with Gasteiger partial charge in [-0.25, -0.2) is 8.42 Å². The summed E-state index contributed by atoms with van der Waals surface area (Å²) < 4.78 is 33.5. The fraction of sp³-hybridized carbons (Fsp3) is 0.667. The molecule has 188 valence electrons. The average molecular weight is 493 g/mol. The van der Waals surface area contributed by atoms with Crippen molar-refractivity contribution in [3.8, 4) is 5.75 Å². The first-order valence-electron chi connectivity index (χ1n) is 12.3. The van der Waals surface area contributed by atoms with E-state index in [1.807, 2.05) is 6.92 Å². The number of nitrogens with one attached hydrogen (secondary N) is 1. The lowest BCUT2D eigenvalue weighted by molar-refractivity contribution is -0.133. The molecule has 10 heteroatoms. The maximum Gasteiger partial charge on any atom is 0.265 e. The average Bonchev–Trinajstić information content (AvgIpc) is 2.83. The maximum atomic E-state index is 13.3. The molecule has 2 aliphatic heterocycles. The molecule has 1 atom stereocenters. The molecule has 0 spiro atoms. The maximum absolute atomic E-state index is 13.3. The minimum absolute atomic E-state index is 0.0784. The number of hydrogen-bond donors (Lipinski definition) is 1. The lowest BCUT2D eigenvalue weighted by atomic mass is 9.94. The van der Waals surface area contributed by atoms with Crippen molar-refractivity contribution >= 4 is 27.5 Å². The van der Waals surface area contributed by atoms with Crippen LogP contribution >= 0.6 is 0 Å². The largest absolute Gasteiger partial charge is 0.478 e. The molecule has 1 saturated heterocycles. The van der Waals surface area contributed by atoms with Crippen LogP contribution < -0.4 is 10.1 Å². The number of nitrogens with zero attached hydrogens (tertiary/aromatic N) is 3. The van der Waals surface area contributed by atoms with Gasteiger partial charge >= 0.3 is 0 Å². The predicted octanol–water partition coefficient (Wildman–Crippen LogP) is 2.20. The molecule has 4 rings (SSSR count). The lowest BCUT2D eigenvalue weighted by Crippen LogP contribution is -2.54. The van der Waals surface area contributed by atoms with E-state index in [0.29, 0.717) is 42.6 Å².